The van der Waals surface area contributed by atoms with Crippen LogP contribution in [0.1, 0.15) is 26.2 Å². The first-order valence-electron chi connectivity index (χ1n) is 4.05. The number of hydrogen-bond acceptors (Lipinski definition) is 1. The van der Waals surface area contributed by atoms with Crippen LogP contribution in [0.25, 0.3) is 0 Å². The summed E-state index contributed by atoms with van der Waals surface area (Å²) in [4.78, 5) is 0. The highest BCUT2D eigenvalue weighted by atomic mass is 35.5. The van der Waals surface area contributed by atoms with E-state index >= 15 is 0 Å². The van der Waals surface area contributed by atoms with Gasteiger partial charge in [-0.05, 0) is 31.6 Å². The molecule has 0 heterocycles. The Balaban J connectivity index is 0.000000720. The van der Waals surface area contributed by atoms with Crippen LogP contribution in [-0.4, -0.2) is 12.5 Å². The zero-order chi connectivity index (χ0) is 8.28. The molecule has 4 heteroatoms. The summed E-state index contributed by atoms with van der Waals surface area (Å²) < 4.78 is 24.6. The topological polar surface area (TPSA) is 26.0 Å². The molecule has 2 N–H and O–H groups in total. The Labute approximate surface area is 77.1 Å². The van der Waals surface area contributed by atoms with Crippen LogP contribution < -0.4 is 5.73 Å². The zero-order valence-electron chi connectivity index (χ0n) is 7.02. The third-order valence-electron chi connectivity index (χ3n) is 3.54. The van der Waals surface area contributed by atoms with E-state index in [1.807, 2.05) is 6.92 Å². The lowest BCUT2D eigenvalue weighted by molar-refractivity contribution is -0.273. The quantitative estimate of drug-likeness (QED) is 0.722. The summed E-state index contributed by atoms with van der Waals surface area (Å²) in [6, 6.07) is 0.100. The average Bonchev–Trinajstić information content (AvgIpc) is 1.51. The molecular formula is C8H14ClF2N. The molecule has 12 heavy (non-hydrogen) atoms. The zero-order valence-corrected chi connectivity index (χ0v) is 7.83. The second-order valence-electron chi connectivity index (χ2n) is 4.34. The van der Waals surface area contributed by atoms with Crippen LogP contribution in [-0.2, 0) is 0 Å². The molecule has 1 atom stereocenters. The summed E-state index contributed by atoms with van der Waals surface area (Å²) >= 11 is 0. The van der Waals surface area contributed by atoms with E-state index in [-0.39, 0.29) is 23.9 Å². The van der Waals surface area contributed by atoms with Gasteiger partial charge in [-0.15, -0.1) is 12.4 Å². The lowest BCUT2D eigenvalue weighted by atomic mass is 9.33. The second kappa shape index (κ2) is 2.55. The molecule has 0 aromatic rings. The Morgan fingerprint density at radius 3 is 1.83 bits per heavy atom. The summed E-state index contributed by atoms with van der Waals surface area (Å²) in [6.45, 7) is 1.93. The van der Waals surface area contributed by atoms with Crippen molar-refractivity contribution in [1.82, 2.24) is 0 Å². The van der Waals surface area contributed by atoms with Crippen molar-refractivity contribution < 1.29 is 8.78 Å². The number of nitrogens with two attached hydrogens (primary N) is 1. The molecule has 0 saturated heterocycles. The predicted molar refractivity (Wildman–Crippen MR) is 45.6 cm³/mol. The van der Waals surface area contributed by atoms with Gasteiger partial charge in [0.05, 0.1) is 0 Å². The van der Waals surface area contributed by atoms with E-state index in [1.54, 1.807) is 0 Å². The van der Waals surface area contributed by atoms with Crippen LogP contribution in [0, 0.1) is 10.8 Å². The Morgan fingerprint density at radius 2 is 1.58 bits per heavy atom. The Hall–Kier alpha value is 0.110. The molecule has 3 aliphatic rings. The highest BCUT2D eigenvalue weighted by Crippen LogP contribution is 2.76. The lowest BCUT2D eigenvalue weighted by Crippen LogP contribution is -2.70. The third-order valence-corrected chi connectivity index (χ3v) is 3.54. The van der Waals surface area contributed by atoms with Gasteiger partial charge in [-0.1, -0.05) is 0 Å². The van der Waals surface area contributed by atoms with Gasteiger partial charge in [-0.3, -0.25) is 0 Å². The minimum atomic E-state index is -2.12. The number of halogens is 3. The van der Waals surface area contributed by atoms with Crippen molar-refractivity contribution in [3.63, 3.8) is 0 Å². The van der Waals surface area contributed by atoms with Gasteiger partial charge < -0.3 is 5.73 Å². The molecule has 0 radical (unpaired) electrons. The first kappa shape index (κ1) is 10.2. The van der Waals surface area contributed by atoms with Gasteiger partial charge in [0.25, 0.3) is 0 Å². The van der Waals surface area contributed by atoms with Crippen molar-refractivity contribution in [3.8, 4) is 0 Å². The Morgan fingerprint density at radius 1 is 1.17 bits per heavy atom. The van der Waals surface area contributed by atoms with Crippen LogP contribution in [0.3, 0.4) is 0 Å². The number of rotatable bonds is 2. The van der Waals surface area contributed by atoms with Gasteiger partial charge in [-0.2, -0.15) is 0 Å². The summed E-state index contributed by atoms with van der Waals surface area (Å²) in [7, 11) is 0. The third kappa shape index (κ3) is 0.925. The maximum absolute atomic E-state index is 12.3. The smallest absolute Gasteiger partial charge is 0.244 e. The molecule has 0 spiro atoms. The van der Waals surface area contributed by atoms with E-state index in [0.29, 0.717) is 19.3 Å². The summed E-state index contributed by atoms with van der Waals surface area (Å²) in [5.41, 5.74) is 5.19. The SMILES string of the molecule is CC(N)C12CC(C(F)F)(C1)C2.Cl. The van der Waals surface area contributed by atoms with Crippen molar-refractivity contribution in [2.24, 2.45) is 16.6 Å². The van der Waals surface area contributed by atoms with Gasteiger partial charge in [0.15, 0.2) is 0 Å². The van der Waals surface area contributed by atoms with Gasteiger partial charge in [-0.25, -0.2) is 8.78 Å². The molecule has 3 fully saturated rings. The summed E-state index contributed by atoms with van der Waals surface area (Å²) in [6.07, 6.45) is -0.136. The molecule has 0 aromatic heterocycles. The van der Waals surface area contributed by atoms with E-state index in [0.717, 1.165) is 0 Å². The van der Waals surface area contributed by atoms with Crippen LogP contribution in [0.4, 0.5) is 8.78 Å². The first-order valence-corrected chi connectivity index (χ1v) is 4.05. The van der Waals surface area contributed by atoms with Crippen molar-refractivity contribution >= 4 is 12.4 Å². The fourth-order valence-electron chi connectivity index (χ4n) is 2.66. The second-order valence-corrected chi connectivity index (χ2v) is 4.34. The minimum Gasteiger partial charge on any atom is -0.327 e. The molecule has 2 bridgehead atoms. The molecular weight excluding hydrogens is 184 g/mol. The maximum atomic E-state index is 12.3. The first-order chi connectivity index (χ1) is 5.01. The summed E-state index contributed by atoms with van der Waals surface area (Å²) in [5.74, 6) is 0. The Bertz CT molecular complexity index is 156. The molecule has 0 aliphatic heterocycles. The van der Waals surface area contributed by atoms with Crippen molar-refractivity contribution in [1.29, 1.82) is 0 Å². The van der Waals surface area contributed by atoms with E-state index in [1.165, 1.54) is 0 Å². The minimum absolute atomic E-state index is 0. The standard InChI is InChI=1S/C8H13F2N.ClH/c1-5(11)7-2-8(3-7,4-7)6(9)10;/h5-6H,2-4,11H2,1H3;1H. The van der Waals surface area contributed by atoms with E-state index < -0.39 is 11.8 Å². The maximum Gasteiger partial charge on any atom is 0.244 e. The molecule has 3 aliphatic carbocycles. The van der Waals surface area contributed by atoms with Crippen LogP contribution >= 0.6 is 12.4 Å². The highest BCUT2D eigenvalue weighted by molar-refractivity contribution is 5.85. The fourth-order valence-corrected chi connectivity index (χ4v) is 2.66. The molecule has 0 aromatic carbocycles. The molecule has 0 amide bonds. The molecule has 3 saturated carbocycles. The van der Waals surface area contributed by atoms with Crippen molar-refractivity contribution in [2.45, 2.75) is 38.7 Å². The Kier molecular flexibility index (Phi) is 2.16. The van der Waals surface area contributed by atoms with Gasteiger partial charge in [0.1, 0.15) is 0 Å². The largest absolute Gasteiger partial charge is 0.327 e. The highest BCUT2D eigenvalue weighted by Gasteiger charge is 2.72. The van der Waals surface area contributed by atoms with Crippen LogP contribution in [0.15, 0.2) is 0 Å². The lowest BCUT2D eigenvalue weighted by Gasteiger charge is -2.72. The van der Waals surface area contributed by atoms with E-state index in [9.17, 15) is 8.78 Å². The van der Waals surface area contributed by atoms with E-state index in [2.05, 4.69) is 0 Å². The van der Waals surface area contributed by atoms with Gasteiger partial charge in [0.2, 0.25) is 6.43 Å². The van der Waals surface area contributed by atoms with Crippen molar-refractivity contribution in [2.75, 3.05) is 0 Å². The predicted octanol–water partition coefficient (Wildman–Crippen LogP) is 2.19. The number of alkyl halides is 2. The molecule has 1 unspecified atom stereocenters. The van der Waals surface area contributed by atoms with E-state index in [4.69, 9.17) is 5.73 Å². The number of hydrogen-bond donors (Lipinski definition) is 1. The normalized spacial score (nSPS) is 45.8. The van der Waals surface area contributed by atoms with Crippen LogP contribution in [0.2, 0.25) is 0 Å². The molecule has 72 valence electrons. The van der Waals surface area contributed by atoms with Crippen LogP contribution in [0.5, 0.6) is 0 Å². The fraction of sp³-hybridized carbons (Fsp3) is 1.00. The molecule has 3 rings (SSSR count). The summed E-state index contributed by atoms with van der Waals surface area (Å²) in [5, 5.41) is 0. The van der Waals surface area contributed by atoms with Gasteiger partial charge in [0, 0.05) is 11.5 Å². The van der Waals surface area contributed by atoms with Gasteiger partial charge >= 0.3 is 0 Å². The average molecular weight is 198 g/mol. The molecule has 1 nitrogen and oxygen atoms in total. The monoisotopic (exact) mass is 197 g/mol. The van der Waals surface area contributed by atoms with Crippen molar-refractivity contribution in [3.05, 3.63) is 0 Å².